The molecule has 0 unspecified atom stereocenters. The Labute approximate surface area is 204 Å². The predicted molar refractivity (Wildman–Crippen MR) is 132 cm³/mol. The van der Waals surface area contributed by atoms with Gasteiger partial charge in [-0.1, -0.05) is 18.2 Å². The van der Waals surface area contributed by atoms with Crippen LogP contribution in [0.4, 0.5) is 5.69 Å². The summed E-state index contributed by atoms with van der Waals surface area (Å²) >= 11 is 1.24. The van der Waals surface area contributed by atoms with Crippen LogP contribution in [0.5, 0.6) is 0 Å². The van der Waals surface area contributed by atoms with E-state index in [1.807, 2.05) is 12.1 Å². The lowest BCUT2D eigenvalue weighted by Crippen LogP contribution is -2.40. The Morgan fingerprint density at radius 3 is 2.65 bits per heavy atom. The van der Waals surface area contributed by atoms with E-state index in [0.717, 1.165) is 31.5 Å². The van der Waals surface area contributed by atoms with Crippen molar-refractivity contribution in [2.24, 2.45) is 4.99 Å². The molecule has 9 heteroatoms. The van der Waals surface area contributed by atoms with Crippen LogP contribution in [0.3, 0.4) is 0 Å². The number of nitriles is 1. The summed E-state index contributed by atoms with van der Waals surface area (Å²) < 4.78 is 5.38. The molecule has 2 aliphatic rings. The minimum atomic E-state index is -0.218. The van der Waals surface area contributed by atoms with Gasteiger partial charge in [0.25, 0.3) is 11.8 Å². The number of morpholine rings is 1. The molecule has 1 aromatic heterocycles. The van der Waals surface area contributed by atoms with Gasteiger partial charge < -0.3 is 19.4 Å². The zero-order valence-corrected chi connectivity index (χ0v) is 20.2. The summed E-state index contributed by atoms with van der Waals surface area (Å²) in [4.78, 5) is 37.3. The van der Waals surface area contributed by atoms with E-state index in [1.165, 1.54) is 17.8 Å². The van der Waals surface area contributed by atoms with Crippen molar-refractivity contribution in [1.82, 2.24) is 14.7 Å². The van der Waals surface area contributed by atoms with E-state index in [-0.39, 0.29) is 11.8 Å². The second kappa shape index (κ2) is 11.3. The van der Waals surface area contributed by atoms with Crippen LogP contribution in [-0.2, 0) is 11.3 Å². The van der Waals surface area contributed by atoms with Gasteiger partial charge in [0.2, 0.25) is 0 Å². The van der Waals surface area contributed by atoms with Gasteiger partial charge >= 0.3 is 0 Å². The maximum atomic E-state index is 13.5. The summed E-state index contributed by atoms with van der Waals surface area (Å²) in [5.74, 6) is -0.341. The van der Waals surface area contributed by atoms with Gasteiger partial charge in [0.15, 0.2) is 0 Å². The van der Waals surface area contributed by atoms with Crippen LogP contribution in [0.25, 0.3) is 0 Å². The third-order valence-electron chi connectivity index (χ3n) is 6.12. The number of likely N-dealkylation sites (tertiary alicyclic amines) is 1. The number of ether oxygens (including phenoxy) is 1. The fourth-order valence-corrected chi connectivity index (χ4v) is 5.14. The second-order valence-corrected chi connectivity index (χ2v) is 9.38. The minimum absolute atomic E-state index is 0.123. The van der Waals surface area contributed by atoms with Crippen LogP contribution in [-0.4, -0.2) is 79.3 Å². The van der Waals surface area contributed by atoms with Crippen LogP contribution >= 0.6 is 11.3 Å². The number of piperidine rings is 1. The van der Waals surface area contributed by atoms with E-state index in [0.29, 0.717) is 54.5 Å². The summed E-state index contributed by atoms with van der Waals surface area (Å²) in [6.07, 6.45) is 5.21. The first kappa shape index (κ1) is 23.9. The maximum Gasteiger partial charge on any atom is 0.266 e. The Morgan fingerprint density at radius 1 is 1.18 bits per heavy atom. The average molecular weight is 480 g/mol. The smallest absolute Gasteiger partial charge is 0.266 e. The highest BCUT2D eigenvalue weighted by molar-refractivity contribution is 7.13. The number of nitrogens with zero attached hydrogens (tertiary/aromatic N) is 5. The number of rotatable bonds is 6. The Morgan fingerprint density at radius 2 is 1.91 bits per heavy atom. The molecule has 8 nitrogen and oxygen atoms in total. The van der Waals surface area contributed by atoms with Crippen LogP contribution < -0.4 is 0 Å². The zero-order valence-electron chi connectivity index (χ0n) is 19.4. The quantitative estimate of drug-likeness (QED) is 0.467. The highest BCUT2D eigenvalue weighted by Crippen LogP contribution is 2.33. The van der Waals surface area contributed by atoms with Gasteiger partial charge in [0, 0.05) is 45.2 Å². The number of aliphatic imine (C=N–C) groups is 1. The number of hydrogen-bond acceptors (Lipinski definition) is 6. The number of hydrogen-bond donors (Lipinski definition) is 0. The van der Waals surface area contributed by atoms with Gasteiger partial charge in [-0.15, -0.1) is 11.3 Å². The summed E-state index contributed by atoms with van der Waals surface area (Å²) in [5, 5.41) is 11.1. The van der Waals surface area contributed by atoms with Gasteiger partial charge in [-0.25, -0.2) is 4.99 Å². The molecule has 2 fully saturated rings. The third-order valence-corrected chi connectivity index (χ3v) is 7.08. The van der Waals surface area contributed by atoms with E-state index < -0.39 is 0 Å². The standard InChI is InChI=1S/C25H29N5O3S/c1-28(16-20-8-4-3-7-19(20)15-26)25(32)23-22(27-18-29-9-5-2-6-10-29)21(17-34-23)24(31)30-11-13-33-14-12-30/h3-4,7-8,17-18H,2,5-6,9-14,16H2,1H3/b27-18+. The van der Waals surface area contributed by atoms with E-state index in [1.54, 1.807) is 40.7 Å². The first-order valence-corrected chi connectivity index (χ1v) is 12.5. The molecule has 178 valence electrons. The van der Waals surface area contributed by atoms with Crippen molar-refractivity contribution >= 4 is 35.2 Å². The van der Waals surface area contributed by atoms with Crippen LogP contribution in [0.15, 0.2) is 34.6 Å². The summed E-state index contributed by atoms with van der Waals surface area (Å²) in [7, 11) is 1.71. The van der Waals surface area contributed by atoms with E-state index in [4.69, 9.17) is 4.74 Å². The monoisotopic (exact) mass is 479 g/mol. The summed E-state index contributed by atoms with van der Waals surface area (Å²) in [6.45, 7) is 4.21. The number of amides is 2. The molecule has 0 atom stereocenters. The maximum absolute atomic E-state index is 13.5. The van der Waals surface area contributed by atoms with Crippen molar-refractivity contribution < 1.29 is 14.3 Å². The normalized spacial score (nSPS) is 16.5. The lowest BCUT2D eigenvalue weighted by atomic mass is 10.1. The lowest BCUT2D eigenvalue weighted by molar-refractivity contribution is 0.0304. The highest BCUT2D eigenvalue weighted by Gasteiger charge is 2.28. The summed E-state index contributed by atoms with van der Waals surface area (Å²) in [5.41, 5.74) is 2.20. The number of thiophene rings is 1. The molecule has 0 N–H and O–H groups in total. The van der Waals surface area contributed by atoms with Crippen molar-refractivity contribution in [2.75, 3.05) is 46.4 Å². The molecule has 34 heavy (non-hydrogen) atoms. The van der Waals surface area contributed by atoms with Gasteiger partial charge in [-0.3, -0.25) is 9.59 Å². The van der Waals surface area contributed by atoms with Gasteiger partial charge in [-0.2, -0.15) is 5.26 Å². The fourth-order valence-electron chi connectivity index (χ4n) is 4.16. The Kier molecular flexibility index (Phi) is 7.93. The van der Waals surface area contributed by atoms with Crippen molar-refractivity contribution in [3.05, 3.63) is 51.2 Å². The molecule has 2 amide bonds. The van der Waals surface area contributed by atoms with E-state index >= 15 is 0 Å². The zero-order chi connectivity index (χ0) is 23.9. The molecule has 0 saturated carbocycles. The van der Waals surface area contributed by atoms with Gasteiger partial charge in [0.1, 0.15) is 10.6 Å². The topological polar surface area (TPSA) is 89.2 Å². The summed E-state index contributed by atoms with van der Waals surface area (Å²) in [6, 6.07) is 9.43. The molecule has 0 radical (unpaired) electrons. The lowest BCUT2D eigenvalue weighted by Gasteiger charge is -2.27. The van der Waals surface area contributed by atoms with Crippen molar-refractivity contribution in [2.45, 2.75) is 25.8 Å². The first-order valence-electron chi connectivity index (χ1n) is 11.6. The van der Waals surface area contributed by atoms with Crippen molar-refractivity contribution in [3.8, 4) is 6.07 Å². The van der Waals surface area contributed by atoms with E-state index in [9.17, 15) is 14.9 Å². The van der Waals surface area contributed by atoms with Crippen LogP contribution in [0.1, 0.15) is 50.4 Å². The van der Waals surface area contributed by atoms with Crippen molar-refractivity contribution in [3.63, 3.8) is 0 Å². The molecule has 1 aromatic carbocycles. The molecule has 2 saturated heterocycles. The fraction of sp³-hybridized carbons (Fsp3) is 0.440. The van der Waals surface area contributed by atoms with Crippen molar-refractivity contribution in [1.29, 1.82) is 5.26 Å². The number of benzene rings is 1. The third kappa shape index (κ3) is 5.46. The molecule has 0 bridgehead atoms. The average Bonchev–Trinajstić information content (AvgIpc) is 3.31. The molecule has 0 aliphatic carbocycles. The molecule has 0 spiro atoms. The second-order valence-electron chi connectivity index (χ2n) is 8.50. The molecular weight excluding hydrogens is 450 g/mol. The molecule has 2 aliphatic heterocycles. The van der Waals surface area contributed by atoms with E-state index in [2.05, 4.69) is 16.0 Å². The molecule has 3 heterocycles. The number of carbonyl (C=O) groups is 2. The van der Waals surface area contributed by atoms with Gasteiger partial charge in [-0.05, 0) is 30.9 Å². The Bertz CT molecular complexity index is 1090. The highest BCUT2D eigenvalue weighted by atomic mass is 32.1. The number of carbonyl (C=O) groups excluding carboxylic acids is 2. The van der Waals surface area contributed by atoms with Gasteiger partial charge in [0.05, 0.1) is 36.7 Å². The SMILES string of the molecule is CN(Cc1ccccc1C#N)C(=O)c1scc(C(=O)N2CCOCC2)c1/N=C/N1CCCCC1. The first-order chi connectivity index (χ1) is 16.6. The van der Waals surface area contributed by atoms with Crippen LogP contribution in [0, 0.1) is 11.3 Å². The van der Waals surface area contributed by atoms with Crippen LogP contribution in [0.2, 0.25) is 0 Å². The predicted octanol–water partition coefficient (Wildman–Crippen LogP) is 3.51. The largest absolute Gasteiger partial charge is 0.378 e. The minimum Gasteiger partial charge on any atom is -0.378 e. The molecule has 4 rings (SSSR count). The molecular formula is C25H29N5O3S. The Balaban J connectivity index is 1.61. The molecule has 2 aromatic rings. The Hall–Kier alpha value is -3.22.